The van der Waals surface area contributed by atoms with E-state index in [1.807, 2.05) is 12.3 Å². The summed E-state index contributed by atoms with van der Waals surface area (Å²) in [6.07, 6.45) is -3.76. The number of thioether (sulfide) groups is 1. The van der Waals surface area contributed by atoms with Gasteiger partial charge in [-0.3, -0.25) is 4.79 Å². The highest BCUT2D eigenvalue weighted by Crippen LogP contribution is 2.35. The molecule has 32 heavy (non-hydrogen) atoms. The van der Waals surface area contributed by atoms with Crippen LogP contribution in [-0.4, -0.2) is 37.5 Å². The van der Waals surface area contributed by atoms with Crippen molar-refractivity contribution in [1.29, 1.82) is 0 Å². The molecule has 0 unspecified atom stereocenters. The van der Waals surface area contributed by atoms with Gasteiger partial charge in [-0.1, -0.05) is 23.9 Å². The number of benzene rings is 1. The minimum absolute atomic E-state index is 0.490. The predicted molar refractivity (Wildman–Crippen MR) is 119 cm³/mol. The van der Waals surface area contributed by atoms with Crippen molar-refractivity contribution >= 4 is 34.9 Å². The number of aryl methyl sites for hydroxylation is 1. The Kier molecular flexibility index (Phi) is 7.09. The molecule has 170 valence electrons. The minimum atomic E-state index is -4.38. The maximum atomic E-state index is 12.7. The maximum Gasteiger partial charge on any atom is 0.416 e. The fourth-order valence-corrected chi connectivity index (χ4v) is 4.88. The van der Waals surface area contributed by atoms with Crippen LogP contribution in [0.4, 0.5) is 19.0 Å². The molecule has 6 nitrogen and oxygen atoms in total. The van der Waals surface area contributed by atoms with Crippen molar-refractivity contribution in [2.24, 2.45) is 0 Å². The van der Waals surface area contributed by atoms with Gasteiger partial charge in [-0.15, -0.1) is 21.5 Å². The van der Waals surface area contributed by atoms with Gasteiger partial charge >= 0.3 is 12.1 Å². The molecule has 2 heterocycles. The second-order valence-corrected chi connectivity index (χ2v) is 10.3. The van der Waals surface area contributed by atoms with Crippen molar-refractivity contribution in [3.05, 3.63) is 52.5 Å². The second kappa shape index (κ2) is 9.45. The average Bonchev–Trinajstić information content (AvgIpc) is 3.15. The Hall–Kier alpha value is -2.66. The molecule has 0 fully saturated rings. The molecule has 0 radical (unpaired) electrons. The normalized spacial score (nSPS) is 12.1. The number of anilines is 1. The van der Waals surface area contributed by atoms with E-state index in [0.717, 1.165) is 23.4 Å². The summed E-state index contributed by atoms with van der Waals surface area (Å²) >= 11 is 2.62. The van der Waals surface area contributed by atoms with Gasteiger partial charge in [0.15, 0.2) is 10.2 Å². The molecule has 0 saturated carbocycles. The van der Waals surface area contributed by atoms with Crippen LogP contribution >= 0.6 is 23.1 Å². The molecular formula is C21H21F3N4O2S2. The van der Waals surface area contributed by atoms with Crippen LogP contribution in [0.25, 0.3) is 11.3 Å². The first-order valence-electron chi connectivity index (χ1n) is 9.58. The van der Waals surface area contributed by atoms with Gasteiger partial charge in [-0.2, -0.15) is 13.2 Å². The summed E-state index contributed by atoms with van der Waals surface area (Å²) in [7, 11) is 0. The lowest BCUT2D eigenvalue weighted by Gasteiger charge is -2.15. The van der Waals surface area contributed by atoms with E-state index in [0.29, 0.717) is 34.4 Å². The molecule has 3 rings (SSSR count). The Morgan fingerprint density at radius 1 is 1.19 bits per heavy atom. The molecule has 0 aliphatic heterocycles. The number of carboxylic acids is 1. The molecule has 0 spiro atoms. The van der Waals surface area contributed by atoms with E-state index >= 15 is 0 Å². The summed E-state index contributed by atoms with van der Waals surface area (Å²) in [5.74, 6) is -0.313. The number of rotatable bonds is 8. The first kappa shape index (κ1) is 24.0. The lowest BCUT2D eigenvalue weighted by atomic mass is 10.1. The van der Waals surface area contributed by atoms with E-state index in [9.17, 15) is 23.1 Å². The largest absolute Gasteiger partial charge is 0.480 e. The van der Waals surface area contributed by atoms with Gasteiger partial charge in [0.25, 0.3) is 0 Å². The highest BCUT2D eigenvalue weighted by molar-refractivity contribution is 8.02. The third-order valence-electron chi connectivity index (χ3n) is 4.55. The molecule has 2 N–H and O–H groups in total. The quantitative estimate of drug-likeness (QED) is 0.408. The fraction of sp³-hybridized carbons (Fsp3) is 0.333. The number of carboxylic acid groups (broad SMARTS) is 1. The van der Waals surface area contributed by atoms with E-state index < -0.39 is 22.5 Å². The predicted octanol–water partition coefficient (Wildman–Crippen LogP) is 5.54. The molecule has 0 atom stereocenters. The molecular weight excluding hydrogens is 461 g/mol. The van der Waals surface area contributed by atoms with Crippen LogP contribution < -0.4 is 5.32 Å². The molecule has 0 saturated heterocycles. The molecule has 3 aromatic rings. The van der Waals surface area contributed by atoms with Crippen molar-refractivity contribution < 1.29 is 23.1 Å². The molecule has 2 aromatic heterocycles. The topological polar surface area (TPSA) is 88.0 Å². The van der Waals surface area contributed by atoms with Gasteiger partial charge in [0, 0.05) is 23.9 Å². The number of aliphatic carboxylic acids is 1. The summed E-state index contributed by atoms with van der Waals surface area (Å²) < 4.78 is 37.9. The Morgan fingerprint density at radius 3 is 2.47 bits per heavy atom. The highest BCUT2D eigenvalue weighted by Gasteiger charge is 2.30. The van der Waals surface area contributed by atoms with Crippen LogP contribution in [0.1, 0.15) is 30.7 Å². The van der Waals surface area contributed by atoms with Gasteiger partial charge in [-0.25, -0.2) is 4.98 Å². The van der Waals surface area contributed by atoms with Crippen LogP contribution in [0.3, 0.4) is 0 Å². The third-order valence-corrected chi connectivity index (χ3v) is 6.73. The molecule has 11 heteroatoms. The molecule has 1 aromatic carbocycles. The second-order valence-electron chi connectivity index (χ2n) is 7.54. The third kappa shape index (κ3) is 5.98. The molecule has 0 amide bonds. The van der Waals surface area contributed by atoms with E-state index in [2.05, 4.69) is 20.5 Å². The SMILES string of the molecule is Cc1cc(-c2ccc(C(F)(F)F)cc2)nnc1NCCc1csc(SC(C)(C)C(=O)O)n1. The van der Waals surface area contributed by atoms with Crippen molar-refractivity contribution in [2.75, 3.05) is 11.9 Å². The number of alkyl halides is 3. The lowest BCUT2D eigenvalue weighted by Crippen LogP contribution is -2.26. The highest BCUT2D eigenvalue weighted by atomic mass is 32.2. The zero-order chi connectivity index (χ0) is 23.5. The number of hydrogen-bond donors (Lipinski definition) is 2. The van der Waals surface area contributed by atoms with Gasteiger partial charge < -0.3 is 10.4 Å². The van der Waals surface area contributed by atoms with Gasteiger partial charge in [0.1, 0.15) is 4.75 Å². The van der Waals surface area contributed by atoms with Crippen molar-refractivity contribution in [3.8, 4) is 11.3 Å². The minimum Gasteiger partial charge on any atom is -0.480 e. The number of nitrogens with zero attached hydrogens (tertiary/aromatic N) is 3. The summed E-state index contributed by atoms with van der Waals surface area (Å²) in [6.45, 7) is 5.66. The van der Waals surface area contributed by atoms with E-state index in [4.69, 9.17) is 0 Å². The van der Waals surface area contributed by atoms with Gasteiger partial charge in [0.2, 0.25) is 0 Å². The Balaban J connectivity index is 1.58. The summed E-state index contributed by atoms with van der Waals surface area (Å²) in [6, 6.07) is 6.57. The standard InChI is InChI=1S/C21H21F3N4O2S2/c1-12-10-16(13-4-6-14(7-5-13)21(22,23)24)27-28-17(12)25-9-8-15-11-31-19(26-15)32-20(2,3)18(29)30/h4-7,10-11H,8-9H2,1-3H3,(H,25,28)(H,29,30). The van der Waals surface area contributed by atoms with Crippen LogP contribution in [0.2, 0.25) is 0 Å². The number of hydrogen-bond acceptors (Lipinski definition) is 7. The summed E-state index contributed by atoms with van der Waals surface area (Å²) in [4.78, 5) is 15.7. The van der Waals surface area contributed by atoms with Crippen LogP contribution in [0, 0.1) is 6.92 Å². The number of halogens is 3. The van der Waals surface area contributed by atoms with Gasteiger partial charge in [0.05, 0.1) is 17.0 Å². The Bertz CT molecular complexity index is 1100. The summed E-state index contributed by atoms with van der Waals surface area (Å²) in [5, 5.41) is 22.6. The van der Waals surface area contributed by atoms with Crippen LogP contribution in [0.5, 0.6) is 0 Å². The number of aromatic nitrogens is 3. The van der Waals surface area contributed by atoms with Crippen molar-refractivity contribution in [3.63, 3.8) is 0 Å². The number of nitrogens with one attached hydrogen (secondary N) is 1. The Labute approximate surface area is 191 Å². The first-order valence-corrected chi connectivity index (χ1v) is 11.3. The van der Waals surface area contributed by atoms with Crippen LogP contribution in [-0.2, 0) is 17.4 Å². The zero-order valence-electron chi connectivity index (χ0n) is 17.5. The first-order chi connectivity index (χ1) is 15.0. The fourth-order valence-electron chi connectivity index (χ4n) is 2.65. The van der Waals surface area contributed by atoms with Crippen molar-refractivity contribution in [1.82, 2.24) is 15.2 Å². The van der Waals surface area contributed by atoms with Gasteiger partial charge in [-0.05, 0) is 44.5 Å². The molecule has 0 aliphatic rings. The van der Waals surface area contributed by atoms with E-state index in [1.54, 1.807) is 19.9 Å². The summed E-state index contributed by atoms with van der Waals surface area (Å²) in [5.41, 5.74) is 1.99. The number of thiazole rings is 1. The van der Waals surface area contributed by atoms with Crippen molar-refractivity contribution in [2.45, 2.75) is 42.5 Å². The maximum absolute atomic E-state index is 12.7. The lowest BCUT2D eigenvalue weighted by molar-refractivity contribution is -0.139. The zero-order valence-corrected chi connectivity index (χ0v) is 19.2. The molecule has 0 aliphatic carbocycles. The van der Waals surface area contributed by atoms with E-state index in [1.165, 1.54) is 35.2 Å². The number of carbonyl (C=O) groups is 1. The molecule has 0 bridgehead atoms. The average molecular weight is 483 g/mol. The van der Waals surface area contributed by atoms with Crippen LogP contribution in [0.15, 0.2) is 40.1 Å². The Morgan fingerprint density at radius 2 is 1.88 bits per heavy atom. The van der Waals surface area contributed by atoms with E-state index in [-0.39, 0.29) is 0 Å². The smallest absolute Gasteiger partial charge is 0.416 e. The monoisotopic (exact) mass is 482 g/mol.